The lowest BCUT2D eigenvalue weighted by Crippen LogP contribution is -2.29. The number of nitrogens with one attached hydrogen (secondary N) is 1. The van der Waals surface area contributed by atoms with E-state index in [1.807, 2.05) is 30.3 Å². The lowest BCUT2D eigenvalue weighted by atomic mass is 10.00. The highest BCUT2D eigenvalue weighted by atomic mass is 32.2. The molecule has 0 bridgehead atoms. The summed E-state index contributed by atoms with van der Waals surface area (Å²) in [6, 6.07) is 20.4. The molecule has 0 heterocycles. The minimum atomic E-state index is -3.92. The van der Waals surface area contributed by atoms with Gasteiger partial charge in [0.25, 0.3) is 5.69 Å². The molecule has 3 aromatic carbocycles. The highest BCUT2D eigenvalue weighted by Crippen LogP contribution is 2.26. The highest BCUT2D eigenvalue weighted by Gasteiger charge is 2.23. The Labute approximate surface area is 162 Å². The Morgan fingerprint density at radius 3 is 2.00 bits per heavy atom. The van der Waals surface area contributed by atoms with Crippen LogP contribution in [0.2, 0.25) is 0 Å². The number of nitrogens with zero attached hydrogens (tertiary/aromatic N) is 1. The summed E-state index contributed by atoms with van der Waals surface area (Å²) < 4.78 is 33.6. The van der Waals surface area contributed by atoms with Gasteiger partial charge in [-0.15, -0.1) is 0 Å². The van der Waals surface area contributed by atoms with E-state index >= 15 is 0 Å². The summed E-state index contributed by atoms with van der Waals surface area (Å²) in [5, 5.41) is 10.8. The molecule has 0 aromatic heterocycles. The minimum Gasteiger partial charge on any atom is -0.497 e. The van der Waals surface area contributed by atoms with E-state index in [0.717, 1.165) is 11.1 Å². The van der Waals surface area contributed by atoms with Crippen molar-refractivity contribution in [1.29, 1.82) is 0 Å². The topological polar surface area (TPSA) is 98.5 Å². The van der Waals surface area contributed by atoms with Gasteiger partial charge in [0.1, 0.15) is 5.75 Å². The van der Waals surface area contributed by atoms with Crippen LogP contribution in [0, 0.1) is 10.1 Å². The van der Waals surface area contributed by atoms with Gasteiger partial charge in [0.2, 0.25) is 10.0 Å². The summed E-state index contributed by atoms with van der Waals surface area (Å²) in [6.45, 7) is 0. The second kappa shape index (κ2) is 8.20. The molecular weight excluding hydrogens is 380 g/mol. The maximum atomic E-state index is 12.9. The van der Waals surface area contributed by atoms with Crippen molar-refractivity contribution in [2.24, 2.45) is 0 Å². The van der Waals surface area contributed by atoms with Gasteiger partial charge in [-0.2, -0.15) is 4.72 Å². The molecule has 28 heavy (non-hydrogen) atoms. The van der Waals surface area contributed by atoms with Crippen LogP contribution < -0.4 is 9.46 Å². The highest BCUT2D eigenvalue weighted by molar-refractivity contribution is 7.89. The molecule has 3 aromatic rings. The van der Waals surface area contributed by atoms with Crippen LogP contribution in [-0.2, 0) is 10.0 Å². The number of nitro groups is 1. The summed E-state index contributed by atoms with van der Waals surface area (Å²) in [5.74, 6) is 0.661. The van der Waals surface area contributed by atoms with Crippen LogP contribution in [0.25, 0.3) is 0 Å². The van der Waals surface area contributed by atoms with E-state index in [1.54, 1.807) is 31.4 Å². The minimum absolute atomic E-state index is 0.0486. The van der Waals surface area contributed by atoms with Crippen LogP contribution in [0.1, 0.15) is 17.2 Å². The molecule has 0 fully saturated rings. The standard InChI is InChI=1S/C20H18N2O5S/c1-27-18-11-7-16(8-12-18)20(15-5-3-2-4-6-15)21-28(25,26)19-13-9-17(10-14-19)22(23)24/h2-14,20-21H,1H3/t20-/m0/s1. The fourth-order valence-corrected chi connectivity index (χ4v) is 3.95. The van der Waals surface area contributed by atoms with Crippen molar-refractivity contribution >= 4 is 15.7 Å². The molecule has 0 aliphatic heterocycles. The van der Waals surface area contributed by atoms with Crippen molar-refractivity contribution < 1.29 is 18.1 Å². The predicted molar refractivity (Wildman–Crippen MR) is 105 cm³/mol. The third kappa shape index (κ3) is 4.36. The zero-order valence-corrected chi connectivity index (χ0v) is 15.8. The molecule has 8 heteroatoms. The van der Waals surface area contributed by atoms with Gasteiger partial charge >= 0.3 is 0 Å². The maximum Gasteiger partial charge on any atom is 0.269 e. The number of hydrogen-bond donors (Lipinski definition) is 1. The molecule has 1 atom stereocenters. The van der Waals surface area contributed by atoms with Crippen LogP contribution in [-0.4, -0.2) is 20.5 Å². The third-order valence-corrected chi connectivity index (χ3v) is 5.65. The smallest absolute Gasteiger partial charge is 0.269 e. The van der Waals surface area contributed by atoms with Crippen LogP contribution in [0.15, 0.2) is 83.8 Å². The van der Waals surface area contributed by atoms with Crippen molar-refractivity contribution in [2.75, 3.05) is 7.11 Å². The first-order chi connectivity index (χ1) is 13.4. The SMILES string of the molecule is COc1ccc([C@@H](NS(=O)(=O)c2ccc([N+](=O)[O-])cc2)c2ccccc2)cc1. The molecule has 0 unspecified atom stereocenters. The van der Waals surface area contributed by atoms with Crippen LogP contribution in [0.4, 0.5) is 5.69 Å². The molecule has 1 N–H and O–H groups in total. The van der Waals surface area contributed by atoms with E-state index in [1.165, 1.54) is 24.3 Å². The molecule has 144 valence electrons. The van der Waals surface area contributed by atoms with Crippen LogP contribution in [0.5, 0.6) is 5.75 Å². The van der Waals surface area contributed by atoms with E-state index in [2.05, 4.69) is 4.72 Å². The predicted octanol–water partition coefficient (Wildman–Crippen LogP) is 3.67. The summed E-state index contributed by atoms with van der Waals surface area (Å²) >= 11 is 0. The molecule has 0 aliphatic carbocycles. The Morgan fingerprint density at radius 2 is 1.46 bits per heavy atom. The van der Waals surface area contributed by atoms with Gasteiger partial charge in [0.05, 0.1) is 23.0 Å². The van der Waals surface area contributed by atoms with Gasteiger partial charge in [-0.05, 0) is 35.4 Å². The van der Waals surface area contributed by atoms with E-state index in [4.69, 9.17) is 4.74 Å². The number of methoxy groups -OCH3 is 1. The number of nitro benzene ring substituents is 1. The van der Waals surface area contributed by atoms with Gasteiger partial charge in [0, 0.05) is 12.1 Å². The van der Waals surface area contributed by atoms with E-state index in [0.29, 0.717) is 5.75 Å². The molecule has 0 saturated heterocycles. The van der Waals surface area contributed by atoms with Crippen molar-refractivity contribution in [3.63, 3.8) is 0 Å². The van der Waals surface area contributed by atoms with Gasteiger partial charge in [-0.25, -0.2) is 8.42 Å². The Hall–Kier alpha value is -3.23. The summed E-state index contributed by atoms with van der Waals surface area (Å²) in [7, 11) is -2.36. The average molecular weight is 398 g/mol. The first kappa shape index (κ1) is 19.5. The molecule has 0 aliphatic rings. The Balaban J connectivity index is 1.97. The first-order valence-corrected chi connectivity index (χ1v) is 9.85. The lowest BCUT2D eigenvalue weighted by Gasteiger charge is -2.20. The zero-order valence-electron chi connectivity index (χ0n) is 15.0. The second-order valence-corrected chi connectivity index (χ2v) is 7.70. The quantitative estimate of drug-likeness (QED) is 0.484. The molecule has 0 radical (unpaired) electrons. The number of ether oxygens (including phenoxy) is 1. The molecule has 0 amide bonds. The summed E-state index contributed by atoms with van der Waals surface area (Å²) in [5.41, 5.74) is 1.32. The maximum absolute atomic E-state index is 12.9. The number of sulfonamides is 1. The fraction of sp³-hybridized carbons (Fsp3) is 0.100. The van der Waals surface area contributed by atoms with Gasteiger partial charge < -0.3 is 4.74 Å². The van der Waals surface area contributed by atoms with E-state index in [9.17, 15) is 18.5 Å². The van der Waals surface area contributed by atoms with E-state index in [-0.39, 0.29) is 10.6 Å². The van der Waals surface area contributed by atoms with Gasteiger partial charge in [-0.3, -0.25) is 10.1 Å². The van der Waals surface area contributed by atoms with Crippen molar-refractivity contribution in [2.45, 2.75) is 10.9 Å². The molecule has 0 spiro atoms. The summed E-state index contributed by atoms with van der Waals surface area (Å²) in [6.07, 6.45) is 0. The monoisotopic (exact) mass is 398 g/mol. The Kier molecular flexibility index (Phi) is 5.72. The van der Waals surface area contributed by atoms with Crippen molar-refractivity contribution in [1.82, 2.24) is 4.72 Å². The molecule has 3 rings (SSSR count). The third-order valence-electron chi connectivity index (χ3n) is 4.21. The lowest BCUT2D eigenvalue weighted by molar-refractivity contribution is -0.384. The van der Waals surface area contributed by atoms with Crippen LogP contribution in [0.3, 0.4) is 0 Å². The van der Waals surface area contributed by atoms with Crippen molar-refractivity contribution in [3.8, 4) is 5.75 Å². The molecular formula is C20H18N2O5S. The Morgan fingerprint density at radius 1 is 0.893 bits per heavy atom. The van der Waals surface area contributed by atoms with Crippen LogP contribution >= 0.6 is 0 Å². The second-order valence-electron chi connectivity index (χ2n) is 5.99. The van der Waals surface area contributed by atoms with Gasteiger partial charge in [-0.1, -0.05) is 42.5 Å². The summed E-state index contributed by atoms with van der Waals surface area (Å²) in [4.78, 5) is 10.2. The number of hydrogen-bond acceptors (Lipinski definition) is 5. The molecule has 7 nitrogen and oxygen atoms in total. The number of benzene rings is 3. The number of non-ortho nitro benzene ring substituents is 1. The average Bonchev–Trinajstić information content (AvgIpc) is 2.73. The Bertz CT molecular complexity index is 1050. The van der Waals surface area contributed by atoms with Crippen molar-refractivity contribution in [3.05, 3.63) is 100 Å². The first-order valence-electron chi connectivity index (χ1n) is 8.36. The van der Waals surface area contributed by atoms with E-state index < -0.39 is 21.0 Å². The van der Waals surface area contributed by atoms with Gasteiger partial charge in [0.15, 0.2) is 0 Å². The zero-order chi connectivity index (χ0) is 20.1. The number of rotatable bonds is 7. The molecule has 0 saturated carbocycles. The fourth-order valence-electron chi connectivity index (χ4n) is 2.74. The normalized spacial score (nSPS) is 12.3. The largest absolute Gasteiger partial charge is 0.497 e.